The summed E-state index contributed by atoms with van der Waals surface area (Å²) in [7, 11) is 0. The molecule has 0 aromatic heterocycles. The van der Waals surface area contributed by atoms with Crippen molar-refractivity contribution in [3.63, 3.8) is 0 Å². The average molecular weight is 414 g/mol. The van der Waals surface area contributed by atoms with Crippen LogP contribution in [-0.2, 0) is 6.18 Å². The highest BCUT2D eigenvalue weighted by Gasteiger charge is 2.29. The zero-order valence-electron chi connectivity index (χ0n) is 16.3. The molecule has 4 N–H and O–H groups in total. The number of benzene rings is 2. The van der Waals surface area contributed by atoms with Gasteiger partial charge in [-0.1, -0.05) is 11.8 Å². The van der Waals surface area contributed by atoms with Gasteiger partial charge in [0.2, 0.25) is 0 Å². The van der Waals surface area contributed by atoms with E-state index in [1.165, 1.54) is 37.4 Å². The predicted octanol–water partition coefficient (Wildman–Crippen LogP) is 2.56. The van der Waals surface area contributed by atoms with Crippen molar-refractivity contribution in [2.75, 3.05) is 31.6 Å². The molecule has 6 nitrogen and oxygen atoms in total. The van der Waals surface area contributed by atoms with Gasteiger partial charge in [-0.15, -0.1) is 0 Å². The summed E-state index contributed by atoms with van der Waals surface area (Å²) in [4.78, 5) is 10.9. The van der Waals surface area contributed by atoms with Gasteiger partial charge in [-0.2, -0.15) is 13.2 Å². The number of hydrogen-bond acceptors (Lipinski definition) is 4. The number of nitrogens with two attached hydrogens (primary N) is 1. The standard InChI is InChI=1S/C16H14F3NO4.C4H11N/c17-16(18,19)10-1-4-12(5-2-10)24-8-7-20-11-3-6-14(21)13(9-11)15(22)23;1-3-5-4-2/h1-6,9,20-21H,7-8H2,(H,22,23);5H,3-4H2,1-2H3. The number of carboxylic acids is 1. The van der Waals surface area contributed by atoms with Gasteiger partial charge in [0.1, 0.15) is 12.4 Å². The second kappa shape index (κ2) is 11.8. The van der Waals surface area contributed by atoms with E-state index < -0.39 is 23.5 Å². The van der Waals surface area contributed by atoms with E-state index in [4.69, 9.17) is 9.84 Å². The molecule has 0 spiro atoms. The molecule has 0 amide bonds. The number of carbonyl (C=O) groups is 1. The first-order chi connectivity index (χ1) is 13.7. The van der Waals surface area contributed by atoms with Gasteiger partial charge in [-0.05, 0) is 50.2 Å². The van der Waals surface area contributed by atoms with E-state index in [2.05, 4.69) is 24.5 Å². The number of ether oxygens (including phenoxy) is 1. The van der Waals surface area contributed by atoms with E-state index in [1.807, 2.05) is 0 Å². The average Bonchev–Trinajstić information content (AvgIpc) is 2.67. The molecule has 0 unspecified atom stereocenters. The summed E-state index contributed by atoms with van der Waals surface area (Å²) in [6.45, 7) is 7.17. The van der Waals surface area contributed by atoms with Gasteiger partial charge in [0.25, 0.3) is 0 Å². The Kier molecular flexibility index (Phi) is 9.81. The normalized spacial score (nSPS) is 10.7. The number of rotatable bonds is 8. The van der Waals surface area contributed by atoms with Gasteiger partial charge in [0, 0.05) is 12.2 Å². The van der Waals surface area contributed by atoms with Crippen LogP contribution in [0.2, 0.25) is 0 Å². The third kappa shape index (κ3) is 8.73. The summed E-state index contributed by atoms with van der Waals surface area (Å²) in [5.41, 5.74) is -0.668. The number of halogens is 3. The molecule has 160 valence electrons. The second-order valence-electron chi connectivity index (χ2n) is 5.92. The molecule has 29 heavy (non-hydrogen) atoms. The first-order valence-corrected chi connectivity index (χ1v) is 9.09. The summed E-state index contributed by atoms with van der Waals surface area (Å²) >= 11 is 0. The van der Waals surface area contributed by atoms with Crippen LogP contribution in [0.15, 0.2) is 42.5 Å². The highest BCUT2D eigenvalue weighted by Crippen LogP contribution is 2.30. The maximum absolute atomic E-state index is 12.4. The van der Waals surface area contributed by atoms with Crippen LogP contribution in [0.3, 0.4) is 0 Å². The first-order valence-electron chi connectivity index (χ1n) is 9.09. The quantitative estimate of drug-likeness (QED) is 0.577. The molecule has 0 bridgehead atoms. The molecule has 2 aromatic carbocycles. The van der Waals surface area contributed by atoms with E-state index in [0.717, 1.165) is 18.2 Å². The summed E-state index contributed by atoms with van der Waals surface area (Å²) in [5, 5.41) is 25.3. The van der Waals surface area contributed by atoms with Gasteiger partial charge in [-0.25, -0.2) is 4.79 Å². The Morgan fingerprint density at radius 3 is 2.24 bits per heavy atom. The van der Waals surface area contributed by atoms with Crippen molar-refractivity contribution in [1.29, 1.82) is 0 Å². The third-order valence-electron chi connectivity index (χ3n) is 3.67. The molecule has 0 saturated carbocycles. The molecule has 0 aliphatic rings. The fourth-order valence-electron chi connectivity index (χ4n) is 2.20. The number of nitrogens with one attached hydrogen (secondary N) is 1. The molecule has 0 aliphatic carbocycles. The van der Waals surface area contributed by atoms with Crippen molar-refractivity contribution >= 4 is 11.7 Å². The Labute approximate surface area is 167 Å². The fraction of sp³-hybridized carbons (Fsp3) is 0.350. The van der Waals surface area contributed by atoms with Crippen molar-refractivity contribution in [3.8, 4) is 11.5 Å². The minimum Gasteiger partial charge on any atom is -0.872 e. The molecule has 0 saturated heterocycles. The monoisotopic (exact) mass is 414 g/mol. The highest BCUT2D eigenvalue weighted by atomic mass is 19.4. The minimum absolute atomic E-state index is 0.146. The molecular weight excluding hydrogens is 389 g/mol. The second-order valence-corrected chi connectivity index (χ2v) is 5.92. The minimum atomic E-state index is -4.39. The zero-order chi connectivity index (χ0) is 21.9. The Balaban J connectivity index is 0.000000749. The van der Waals surface area contributed by atoms with Crippen LogP contribution in [0.4, 0.5) is 18.9 Å². The van der Waals surface area contributed by atoms with Gasteiger partial charge < -0.3 is 25.6 Å². The summed E-state index contributed by atoms with van der Waals surface area (Å²) in [5.74, 6) is -1.62. The summed E-state index contributed by atoms with van der Waals surface area (Å²) < 4.78 is 42.5. The van der Waals surface area contributed by atoms with E-state index in [9.17, 15) is 23.1 Å². The predicted molar refractivity (Wildman–Crippen MR) is 101 cm³/mol. The van der Waals surface area contributed by atoms with Crippen LogP contribution in [0.1, 0.15) is 29.8 Å². The molecule has 0 atom stereocenters. The molecule has 9 heteroatoms. The Morgan fingerprint density at radius 2 is 1.76 bits per heavy atom. The van der Waals surface area contributed by atoms with Gasteiger partial charge in [0.15, 0.2) is 0 Å². The molecule has 0 fully saturated rings. The highest BCUT2D eigenvalue weighted by molar-refractivity contribution is 5.91. The lowest BCUT2D eigenvalue weighted by Crippen LogP contribution is -2.82. The smallest absolute Gasteiger partial charge is 0.416 e. The van der Waals surface area contributed by atoms with Crippen LogP contribution in [-0.4, -0.2) is 37.3 Å². The van der Waals surface area contributed by atoms with Crippen molar-refractivity contribution in [2.45, 2.75) is 20.0 Å². The Hall–Kier alpha value is -2.94. The van der Waals surface area contributed by atoms with Gasteiger partial charge in [0.05, 0.1) is 24.2 Å². The number of carboxylic acid groups (broad SMARTS) is 1. The largest absolute Gasteiger partial charge is 0.872 e. The van der Waals surface area contributed by atoms with Crippen LogP contribution in [0.5, 0.6) is 11.5 Å². The van der Waals surface area contributed by atoms with Crippen LogP contribution >= 0.6 is 0 Å². The van der Waals surface area contributed by atoms with Crippen LogP contribution < -0.4 is 20.5 Å². The Bertz CT molecular complexity index is 763. The molecule has 2 rings (SSSR count). The SMILES string of the molecule is CC[NH2+]CC.O=C(O)c1cc(NCCOc2ccc(C(F)(F)F)cc2)ccc1[O-]. The van der Waals surface area contributed by atoms with Crippen molar-refractivity contribution in [1.82, 2.24) is 0 Å². The van der Waals surface area contributed by atoms with E-state index in [0.29, 0.717) is 5.69 Å². The summed E-state index contributed by atoms with van der Waals surface area (Å²) in [6, 6.07) is 8.08. The van der Waals surface area contributed by atoms with Crippen molar-refractivity contribution < 1.29 is 38.2 Å². The number of hydrogen-bond donors (Lipinski definition) is 3. The van der Waals surface area contributed by atoms with Crippen molar-refractivity contribution in [2.24, 2.45) is 0 Å². The van der Waals surface area contributed by atoms with E-state index >= 15 is 0 Å². The maximum Gasteiger partial charge on any atom is 0.416 e. The molecule has 0 aliphatic heterocycles. The fourth-order valence-corrected chi connectivity index (χ4v) is 2.20. The van der Waals surface area contributed by atoms with Crippen LogP contribution in [0.25, 0.3) is 0 Å². The molecule has 0 radical (unpaired) electrons. The molecule has 0 heterocycles. The topological polar surface area (TPSA) is 98.2 Å². The number of alkyl halides is 3. The zero-order valence-corrected chi connectivity index (χ0v) is 16.3. The van der Waals surface area contributed by atoms with Gasteiger partial charge >= 0.3 is 12.1 Å². The van der Waals surface area contributed by atoms with Crippen LogP contribution in [0, 0.1) is 0 Å². The lowest BCUT2D eigenvalue weighted by Gasteiger charge is -2.13. The third-order valence-corrected chi connectivity index (χ3v) is 3.67. The maximum atomic E-state index is 12.4. The van der Waals surface area contributed by atoms with E-state index in [1.54, 1.807) is 0 Å². The summed E-state index contributed by atoms with van der Waals surface area (Å²) in [6.07, 6.45) is -4.39. The Morgan fingerprint density at radius 1 is 1.14 bits per heavy atom. The van der Waals surface area contributed by atoms with E-state index in [-0.39, 0.29) is 24.5 Å². The van der Waals surface area contributed by atoms with Gasteiger partial charge in [-0.3, -0.25) is 0 Å². The lowest BCUT2D eigenvalue weighted by molar-refractivity contribution is -0.648. The van der Waals surface area contributed by atoms with Crippen molar-refractivity contribution in [3.05, 3.63) is 53.6 Å². The molecular formula is C20H25F3N2O4. The number of quaternary nitrogens is 1. The number of anilines is 1. The lowest BCUT2D eigenvalue weighted by atomic mass is 10.2. The first kappa shape index (κ1) is 24.1. The molecule has 2 aromatic rings. The number of aromatic carboxylic acids is 1.